The zero-order chi connectivity index (χ0) is 15.2. The van der Waals surface area contributed by atoms with Crippen LogP contribution in [0, 0.1) is 0 Å². The van der Waals surface area contributed by atoms with Crippen LogP contribution in [0.25, 0.3) is 0 Å². The number of hydrogen-bond donors (Lipinski definition) is 1. The highest BCUT2D eigenvalue weighted by atomic mass is 79.9. The van der Waals surface area contributed by atoms with E-state index in [0.717, 1.165) is 23.4 Å². The van der Waals surface area contributed by atoms with Gasteiger partial charge in [0.15, 0.2) is 0 Å². The Morgan fingerprint density at radius 3 is 2.71 bits per heavy atom. The van der Waals surface area contributed by atoms with Gasteiger partial charge in [0.1, 0.15) is 5.82 Å². The maximum absolute atomic E-state index is 4.57. The van der Waals surface area contributed by atoms with Crippen LogP contribution in [-0.4, -0.2) is 18.6 Å². The van der Waals surface area contributed by atoms with Crippen LogP contribution >= 0.6 is 15.9 Å². The average Bonchev–Trinajstić information content (AvgIpc) is 2.47. The lowest BCUT2D eigenvalue weighted by atomic mass is 10.1. The number of halogens is 1. The van der Waals surface area contributed by atoms with Gasteiger partial charge in [-0.05, 0) is 42.8 Å². The highest BCUT2D eigenvalue weighted by Crippen LogP contribution is 2.18. The third kappa shape index (κ3) is 4.55. The molecule has 0 aliphatic carbocycles. The van der Waals surface area contributed by atoms with Gasteiger partial charge in [-0.15, -0.1) is 0 Å². The SMILES string of the molecule is CCNC(C)c1ccc(N(C)Cc2cccc(Br)c2)nc1. The topological polar surface area (TPSA) is 28.2 Å². The number of aromatic nitrogens is 1. The van der Waals surface area contributed by atoms with Crippen LogP contribution in [0.5, 0.6) is 0 Å². The third-order valence-corrected chi connectivity index (χ3v) is 3.97. The molecule has 112 valence electrons. The highest BCUT2D eigenvalue weighted by Gasteiger charge is 2.07. The van der Waals surface area contributed by atoms with E-state index in [1.165, 1.54) is 11.1 Å². The maximum Gasteiger partial charge on any atom is 0.128 e. The summed E-state index contributed by atoms with van der Waals surface area (Å²) in [6.07, 6.45) is 1.96. The van der Waals surface area contributed by atoms with Gasteiger partial charge in [-0.2, -0.15) is 0 Å². The Labute approximate surface area is 135 Å². The molecule has 0 saturated heterocycles. The molecule has 0 radical (unpaired) electrons. The van der Waals surface area contributed by atoms with Crippen molar-refractivity contribution < 1.29 is 0 Å². The summed E-state index contributed by atoms with van der Waals surface area (Å²) in [4.78, 5) is 6.73. The van der Waals surface area contributed by atoms with Crippen molar-refractivity contribution in [3.8, 4) is 0 Å². The Morgan fingerprint density at radius 1 is 1.29 bits per heavy atom. The molecule has 3 nitrogen and oxygen atoms in total. The molecular weight excluding hydrogens is 326 g/mol. The molecule has 0 fully saturated rings. The van der Waals surface area contributed by atoms with Crippen molar-refractivity contribution >= 4 is 21.7 Å². The van der Waals surface area contributed by atoms with E-state index in [4.69, 9.17) is 0 Å². The standard InChI is InChI=1S/C17H22BrN3/c1-4-19-13(2)15-8-9-17(20-11-15)21(3)12-14-6-5-7-16(18)10-14/h5-11,13,19H,4,12H2,1-3H3. The van der Waals surface area contributed by atoms with E-state index < -0.39 is 0 Å². The van der Waals surface area contributed by atoms with Crippen molar-refractivity contribution in [2.75, 3.05) is 18.5 Å². The van der Waals surface area contributed by atoms with E-state index in [1.807, 2.05) is 12.3 Å². The molecule has 2 rings (SSSR count). The van der Waals surface area contributed by atoms with Gasteiger partial charge in [0.2, 0.25) is 0 Å². The molecule has 0 amide bonds. The van der Waals surface area contributed by atoms with E-state index >= 15 is 0 Å². The van der Waals surface area contributed by atoms with Crippen molar-refractivity contribution in [2.45, 2.75) is 26.4 Å². The predicted molar refractivity (Wildman–Crippen MR) is 92.6 cm³/mol. The Morgan fingerprint density at radius 2 is 2.10 bits per heavy atom. The molecular formula is C17H22BrN3. The number of nitrogens with one attached hydrogen (secondary N) is 1. The van der Waals surface area contributed by atoms with E-state index in [0.29, 0.717) is 6.04 Å². The first-order chi connectivity index (χ1) is 10.1. The molecule has 1 heterocycles. The van der Waals surface area contributed by atoms with Gasteiger partial charge >= 0.3 is 0 Å². The van der Waals surface area contributed by atoms with E-state index in [1.54, 1.807) is 0 Å². The molecule has 1 atom stereocenters. The van der Waals surface area contributed by atoms with Crippen molar-refractivity contribution in [3.05, 3.63) is 58.2 Å². The molecule has 0 spiro atoms. The molecule has 0 aliphatic heterocycles. The van der Waals surface area contributed by atoms with Crippen LogP contribution in [0.2, 0.25) is 0 Å². The number of rotatable bonds is 6. The Kier molecular flexibility index (Phi) is 5.76. The summed E-state index contributed by atoms with van der Waals surface area (Å²) in [7, 11) is 2.07. The van der Waals surface area contributed by atoms with Crippen LogP contribution in [0.15, 0.2) is 47.1 Å². The summed E-state index contributed by atoms with van der Waals surface area (Å²) >= 11 is 3.51. The first kappa shape index (κ1) is 16.0. The van der Waals surface area contributed by atoms with Gasteiger partial charge in [0.25, 0.3) is 0 Å². The molecule has 1 aromatic heterocycles. The summed E-state index contributed by atoms with van der Waals surface area (Å²) in [5.41, 5.74) is 2.48. The summed E-state index contributed by atoms with van der Waals surface area (Å²) in [5.74, 6) is 0.988. The van der Waals surface area contributed by atoms with Crippen LogP contribution in [0.3, 0.4) is 0 Å². The Bertz CT molecular complexity index is 569. The first-order valence-corrected chi connectivity index (χ1v) is 8.04. The Hall–Kier alpha value is -1.39. The van der Waals surface area contributed by atoms with Crippen LogP contribution < -0.4 is 10.2 Å². The second-order valence-electron chi connectivity index (χ2n) is 5.22. The number of nitrogens with zero attached hydrogens (tertiary/aromatic N) is 2. The average molecular weight is 348 g/mol. The van der Waals surface area contributed by atoms with Gasteiger partial charge in [-0.3, -0.25) is 0 Å². The molecule has 1 aromatic carbocycles. The zero-order valence-electron chi connectivity index (χ0n) is 12.8. The fraction of sp³-hybridized carbons (Fsp3) is 0.353. The number of anilines is 1. The monoisotopic (exact) mass is 347 g/mol. The smallest absolute Gasteiger partial charge is 0.128 e. The minimum absolute atomic E-state index is 0.340. The highest BCUT2D eigenvalue weighted by molar-refractivity contribution is 9.10. The van der Waals surface area contributed by atoms with Gasteiger partial charge < -0.3 is 10.2 Å². The summed E-state index contributed by atoms with van der Waals surface area (Å²) in [5, 5.41) is 3.40. The molecule has 0 bridgehead atoms. The zero-order valence-corrected chi connectivity index (χ0v) is 14.4. The molecule has 1 N–H and O–H groups in total. The summed E-state index contributed by atoms with van der Waals surface area (Å²) in [6, 6.07) is 12.9. The minimum Gasteiger partial charge on any atom is -0.355 e. The minimum atomic E-state index is 0.340. The molecule has 0 saturated carbocycles. The normalized spacial score (nSPS) is 12.2. The Balaban J connectivity index is 2.04. The second-order valence-corrected chi connectivity index (χ2v) is 6.13. The van der Waals surface area contributed by atoms with Gasteiger partial charge in [-0.25, -0.2) is 4.98 Å². The van der Waals surface area contributed by atoms with Crippen molar-refractivity contribution in [3.63, 3.8) is 0 Å². The summed E-state index contributed by atoms with van der Waals surface area (Å²) < 4.78 is 1.11. The fourth-order valence-corrected chi connectivity index (χ4v) is 2.74. The maximum atomic E-state index is 4.57. The van der Waals surface area contributed by atoms with Gasteiger partial charge in [-0.1, -0.05) is 41.1 Å². The van der Waals surface area contributed by atoms with E-state index in [9.17, 15) is 0 Å². The van der Waals surface area contributed by atoms with Crippen LogP contribution in [-0.2, 0) is 6.54 Å². The van der Waals surface area contributed by atoms with E-state index in [2.05, 4.69) is 82.4 Å². The molecule has 21 heavy (non-hydrogen) atoms. The van der Waals surface area contributed by atoms with Crippen molar-refractivity contribution in [1.29, 1.82) is 0 Å². The lowest BCUT2D eigenvalue weighted by Gasteiger charge is -2.19. The fourth-order valence-electron chi connectivity index (χ4n) is 2.29. The lowest BCUT2D eigenvalue weighted by Crippen LogP contribution is -2.20. The van der Waals surface area contributed by atoms with E-state index in [-0.39, 0.29) is 0 Å². The van der Waals surface area contributed by atoms with Crippen molar-refractivity contribution in [1.82, 2.24) is 10.3 Å². The van der Waals surface area contributed by atoms with Crippen LogP contribution in [0.1, 0.15) is 31.0 Å². The second kappa shape index (κ2) is 7.57. The number of pyridine rings is 1. The first-order valence-electron chi connectivity index (χ1n) is 7.25. The summed E-state index contributed by atoms with van der Waals surface area (Å²) in [6.45, 7) is 6.08. The predicted octanol–water partition coefficient (Wildman–Crippen LogP) is 4.15. The van der Waals surface area contributed by atoms with Crippen LogP contribution in [0.4, 0.5) is 5.82 Å². The number of benzene rings is 1. The van der Waals surface area contributed by atoms with Gasteiger partial charge in [0.05, 0.1) is 0 Å². The largest absolute Gasteiger partial charge is 0.355 e. The quantitative estimate of drug-likeness (QED) is 0.850. The van der Waals surface area contributed by atoms with Gasteiger partial charge in [0, 0.05) is 30.3 Å². The third-order valence-electron chi connectivity index (χ3n) is 3.48. The lowest BCUT2D eigenvalue weighted by molar-refractivity contribution is 0.596. The number of hydrogen-bond acceptors (Lipinski definition) is 3. The molecule has 4 heteroatoms. The molecule has 2 aromatic rings. The van der Waals surface area contributed by atoms with Crippen molar-refractivity contribution in [2.24, 2.45) is 0 Å². The molecule has 1 unspecified atom stereocenters. The molecule has 0 aliphatic rings.